The highest BCUT2D eigenvalue weighted by molar-refractivity contribution is 14.1. The van der Waals surface area contributed by atoms with E-state index < -0.39 is 22.0 Å². The molecule has 2 spiro atoms. The number of rotatable bonds is 32. The Morgan fingerprint density at radius 2 is 0.988 bits per heavy atom. The number of likely N-dealkylation sites (tertiary alicyclic amines) is 2. The molecule has 2 aromatic carbocycles. The monoisotopic (exact) mass is 1290 g/mol. The predicted molar refractivity (Wildman–Crippen MR) is 345 cm³/mol. The standard InChI is InChI=1S/C36H53NO5.C21H25NO3.C15H29IO2/c1-3-4-5-6-7-8-9-10-11-12-13-14-31(38)41-25-40-29-18-17-28-23-30-36(39)20-19-26(2)34-35(36,32(28)33(29)42-34)21-22-37(30)24-27-15-16-27;1-12-6-7-21(24)16-10-14-4-5-15(23)18-17(14)20(21,19(12)25-18)8-9-22(16)11-13-2-3-13;1-2-3-4-5-6-7-8-9-10-11-12-13-15(17)18-14-16/h17-18,27,30,34,39H,2-16,19-25H2,1H3;4-5,13,16,19,23-24H,1-3,6-11H2;2-14H2,1H3/t30?,34-,35-,36+;16?,19-,20-,21+;/m00./s1. The predicted octanol–water partition coefficient (Wildman–Crippen LogP) is 15.5. The summed E-state index contributed by atoms with van der Waals surface area (Å²) in [6, 6.07) is 8.20. The Bertz CT molecular complexity index is 2600. The molecule has 85 heavy (non-hydrogen) atoms. The summed E-state index contributed by atoms with van der Waals surface area (Å²) in [5.41, 5.74) is 4.37. The summed E-state index contributed by atoms with van der Waals surface area (Å²) in [5.74, 6) is 3.52. The third kappa shape index (κ3) is 13.9. The normalized spacial score (nSPS) is 28.9. The maximum atomic E-state index is 12.5. The van der Waals surface area contributed by atoms with E-state index in [-0.39, 0.29) is 48.8 Å². The minimum absolute atomic E-state index is 0.0414. The number of unbranched alkanes of at least 4 members (excludes halogenated alkanes) is 20. The van der Waals surface area contributed by atoms with Crippen LogP contribution in [0.25, 0.3) is 0 Å². The molecule has 13 heteroatoms. The summed E-state index contributed by atoms with van der Waals surface area (Å²) < 4.78 is 29.8. The average molecular weight is 1290 g/mol. The number of benzene rings is 2. The number of hydrogen-bond donors (Lipinski definition) is 3. The molecule has 6 fully saturated rings. The minimum Gasteiger partial charge on any atom is -0.504 e. The van der Waals surface area contributed by atoms with Crippen molar-refractivity contribution in [3.05, 3.63) is 70.8 Å². The number of ether oxygens (including phenoxy) is 5. The number of aliphatic hydroxyl groups is 2. The topological polar surface area (TPSA) is 147 Å². The summed E-state index contributed by atoms with van der Waals surface area (Å²) in [7, 11) is 0. The zero-order valence-electron chi connectivity index (χ0n) is 52.4. The lowest BCUT2D eigenvalue weighted by Gasteiger charge is -2.63. The van der Waals surface area contributed by atoms with E-state index in [0.717, 1.165) is 137 Å². The Morgan fingerprint density at radius 3 is 1.44 bits per heavy atom. The molecule has 4 saturated carbocycles. The zero-order valence-corrected chi connectivity index (χ0v) is 54.5. The summed E-state index contributed by atoms with van der Waals surface area (Å²) in [6.45, 7) is 17.3. The highest BCUT2D eigenvalue weighted by Gasteiger charge is 2.73. The van der Waals surface area contributed by atoms with Gasteiger partial charge in [-0.15, -0.1) is 0 Å². The molecule has 12 nitrogen and oxygen atoms in total. The smallest absolute Gasteiger partial charge is 0.308 e. The fourth-order valence-corrected chi connectivity index (χ4v) is 17.5. The molecule has 0 aromatic heterocycles. The second kappa shape index (κ2) is 29.5. The van der Waals surface area contributed by atoms with Crippen molar-refractivity contribution in [2.24, 2.45) is 11.8 Å². The highest BCUT2D eigenvalue weighted by atomic mass is 127. The van der Waals surface area contributed by atoms with Crippen molar-refractivity contribution >= 4 is 34.5 Å². The molecular formula is C72H107IN2O10. The van der Waals surface area contributed by atoms with Gasteiger partial charge in [0.25, 0.3) is 0 Å². The van der Waals surface area contributed by atoms with E-state index in [1.807, 2.05) is 12.1 Å². The van der Waals surface area contributed by atoms with Crippen LogP contribution in [0.4, 0.5) is 0 Å². The molecule has 0 amide bonds. The van der Waals surface area contributed by atoms with Crippen LogP contribution in [-0.4, -0.2) is 110 Å². The van der Waals surface area contributed by atoms with Gasteiger partial charge >= 0.3 is 11.9 Å². The van der Waals surface area contributed by atoms with E-state index in [0.29, 0.717) is 29.0 Å². The van der Waals surface area contributed by atoms with Crippen molar-refractivity contribution in [1.29, 1.82) is 0 Å². The Morgan fingerprint density at radius 1 is 0.576 bits per heavy atom. The number of piperidine rings is 2. The fourth-order valence-electron chi connectivity index (χ4n) is 17.1. The number of alkyl halides is 1. The molecule has 0 radical (unpaired) electrons. The number of nitrogens with zero attached hydrogens (tertiary/aromatic N) is 2. The van der Waals surface area contributed by atoms with Crippen molar-refractivity contribution in [2.75, 3.05) is 37.6 Å². The summed E-state index contributed by atoms with van der Waals surface area (Å²) in [6.07, 6.45) is 40.8. The van der Waals surface area contributed by atoms with Crippen molar-refractivity contribution < 1.29 is 48.6 Å². The molecule has 2 unspecified atom stereocenters. The van der Waals surface area contributed by atoms with E-state index in [1.165, 1.54) is 159 Å². The van der Waals surface area contributed by atoms with Gasteiger partial charge < -0.3 is 39.0 Å². The molecule has 3 N–H and O–H groups in total. The van der Waals surface area contributed by atoms with Crippen LogP contribution in [-0.2, 0) is 42.7 Å². The number of carbonyl (C=O) groups excluding carboxylic acids is 2. The van der Waals surface area contributed by atoms with Crippen LogP contribution in [0.3, 0.4) is 0 Å². The highest BCUT2D eigenvalue weighted by Crippen LogP contribution is 2.68. The number of hydrogen-bond acceptors (Lipinski definition) is 12. The maximum Gasteiger partial charge on any atom is 0.308 e. The Hall–Kier alpha value is -3.37. The number of esters is 2. The molecule has 8 atom stereocenters. The van der Waals surface area contributed by atoms with Gasteiger partial charge in [0.15, 0.2) is 23.0 Å². The van der Waals surface area contributed by atoms with Gasteiger partial charge in [0, 0.05) is 49.1 Å². The van der Waals surface area contributed by atoms with Crippen LogP contribution in [0.2, 0.25) is 0 Å². The first-order valence-electron chi connectivity index (χ1n) is 34.5. The van der Waals surface area contributed by atoms with Gasteiger partial charge in [-0.25, -0.2) is 0 Å². The lowest BCUT2D eigenvalue weighted by Crippen LogP contribution is -2.75. The van der Waals surface area contributed by atoms with E-state index in [4.69, 9.17) is 23.7 Å². The number of aromatic hydroxyl groups is 1. The largest absolute Gasteiger partial charge is 0.504 e. The van der Waals surface area contributed by atoms with Gasteiger partial charge in [0.1, 0.15) is 16.8 Å². The third-order valence-electron chi connectivity index (χ3n) is 22.0. The van der Waals surface area contributed by atoms with Crippen LogP contribution in [0.5, 0.6) is 23.0 Å². The molecule has 4 heterocycles. The van der Waals surface area contributed by atoms with Gasteiger partial charge in [-0.3, -0.25) is 19.4 Å². The quantitative estimate of drug-likeness (QED) is 0.0160. The number of phenolic OH excluding ortho intramolecular Hbond substituents is 1. The first-order valence-corrected chi connectivity index (χ1v) is 36.0. The summed E-state index contributed by atoms with van der Waals surface area (Å²) in [4.78, 5) is 28.6. The first-order chi connectivity index (χ1) is 41.3. The van der Waals surface area contributed by atoms with Gasteiger partial charge in [0.2, 0.25) is 6.79 Å². The number of phenols is 1. The SMILES string of the molecule is C=C1CC[C@@]2(O)C3Cc4ccc(O)c5c4[C@@]2(CCN3CC2CC2)[C@H]1O5.C=C1CC[C@@]2(O)C3Cc4ccc(OCOC(=O)CCCCCCCCCCCCC)c5c4[C@@]2(CCN3CC2CC2)[C@H]1O5.CCCCCCCCCCCCCC(=O)OCI. The van der Waals surface area contributed by atoms with E-state index >= 15 is 0 Å². The molecule has 6 aliphatic carbocycles. The second-order valence-corrected chi connectivity index (χ2v) is 28.4. The van der Waals surface area contributed by atoms with Crippen LogP contribution in [0.1, 0.15) is 254 Å². The van der Waals surface area contributed by atoms with Crippen LogP contribution < -0.4 is 14.2 Å². The Kier molecular flexibility index (Phi) is 22.4. The number of carbonyl (C=O) groups is 2. The average Bonchev–Trinajstić information content (AvgIpc) is 1.67. The van der Waals surface area contributed by atoms with Crippen molar-refractivity contribution in [2.45, 2.75) is 291 Å². The zero-order chi connectivity index (χ0) is 59.6. The van der Waals surface area contributed by atoms with Crippen molar-refractivity contribution in [1.82, 2.24) is 9.80 Å². The Labute approximate surface area is 524 Å². The molecule has 2 aromatic rings. The molecule has 4 aliphatic heterocycles. The van der Waals surface area contributed by atoms with E-state index in [2.05, 4.69) is 65.5 Å². The van der Waals surface area contributed by atoms with Gasteiger partial charge in [0.05, 0.1) is 22.0 Å². The minimum atomic E-state index is -0.829. The third-order valence-corrected chi connectivity index (χ3v) is 22.3. The van der Waals surface area contributed by atoms with Crippen LogP contribution >= 0.6 is 22.6 Å². The fraction of sp³-hybridized carbons (Fsp3) is 0.750. The van der Waals surface area contributed by atoms with E-state index in [9.17, 15) is 24.9 Å². The first kappa shape index (κ1) is 64.6. The van der Waals surface area contributed by atoms with E-state index in [1.54, 1.807) is 6.07 Å². The molecule has 472 valence electrons. The molecular weight excluding hydrogens is 1180 g/mol. The lowest BCUT2D eigenvalue weighted by atomic mass is 9.48. The van der Waals surface area contributed by atoms with Crippen molar-refractivity contribution in [3.63, 3.8) is 0 Å². The summed E-state index contributed by atoms with van der Waals surface area (Å²) >= 11 is 2.05. The molecule has 12 rings (SSSR count). The van der Waals surface area contributed by atoms with Crippen molar-refractivity contribution in [3.8, 4) is 23.0 Å². The maximum absolute atomic E-state index is 12.5. The van der Waals surface area contributed by atoms with Crippen LogP contribution in [0, 0.1) is 11.8 Å². The van der Waals surface area contributed by atoms with Gasteiger partial charge in [-0.05, 0) is 172 Å². The van der Waals surface area contributed by atoms with Crippen LogP contribution in [0.15, 0.2) is 48.6 Å². The molecule has 2 saturated heterocycles. The number of halogens is 1. The molecule has 10 aliphatic rings. The molecule has 4 bridgehead atoms. The lowest BCUT2D eigenvalue weighted by molar-refractivity contribution is -0.174. The van der Waals surface area contributed by atoms with Gasteiger partial charge in [-0.1, -0.05) is 168 Å². The Balaban J connectivity index is 0.000000158. The summed E-state index contributed by atoms with van der Waals surface area (Å²) in [5, 5.41) is 35.0. The van der Waals surface area contributed by atoms with Gasteiger partial charge in [-0.2, -0.15) is 0 Å². The second-order valence-electron chi connectivity index (χ2n) is 27.8.